The molecule has 1 aromatic rings. The molecule has 5 heteroatoms. The summed E-state index contributed by atoms with van der Waals surface area (Å²) in [5.41, 5.74) is 1.47. The number of hydrogen-bond acceptors (Lipinski definition) is 5. The first-order chi connectivity index (χ1) is 8.70. The Morgan fingerprint density at radius 2 is 2.44 bits per heavy atom. The molecular weight excluding hydrogens is 250 g/mol. The van der Waals surface area contributed by atoms with Crippen molar-refractivity contribution in [2.24, 2.45) is 0 Å². The van der Waals surface area contributed by atoms with Gasteiger partial charge in [0.25, 0.3) is 0 Å². The van der Waals surface area contributed by atoms with Crippen LogP contribution in [-0.4, -0.2) is 36.0 Å². The zero-order valence-electron chi connectivity index (χ0n) is 10.6. The number of ether oxygens (including phenoxy) is 2. The molecule has 2 rings (SSSR count). The van der Waals surface area contributed by atoms with Crippen LogP contribution in [0.15, 0.2) is 18.3 Å². The van der Waals surface area contributed by atoms with Gasteiger partial charge in [-0.25, -0.2) is 4.79 Å². The van der Waals surface area contributed by atoms with Gasteiger partial charge in [0.15, 0.2) is 0 Å². The zero-order valence-corrected chi connectivity index (χ0v) is 11.4. The highest BCUT2D eigenvalue weighted by atomic mass is 32.2. The standard InChI is InChI=1S/C13H17NO3S/c1-9-12(5-6-17-9)18-8-11-4-3-10(7-14-11)13(15)16-2/h3-4,7,9,12H,5-6,8H2,1-2H3. The predicted molar refractivity (Wildman–Crippen MR) is 70.7 cm³/mol. The molecule has 4 nitrogen and oxygen atoms in total. The maximum atomic E-state index is 11.3. The van der Waals surface area contributed by atoms with Crippen molar-refractivity contribution in [3.8, 4) is 0 Å². The van der Waals surface area contributed by atoms with Crippen molar-refractivity contribution in [2.45, 2.75) is 30.5 Å². The Kier molecular flexibility index (Phi) is 4.60. The Morgan fingerprint density at radius 1 is 1.61 bits per heavy atom. The quantitative estimate of drug-likeness (QED) is 0.783. The maximum absolute atomic E-state index is 11.3. The molecule has 98 valence electrons. The predicted octanol–water partition coefficient (Wildman–Crippen LogP) is 2.28. The Balaban J connectivity index is 1.88. The van der Waals surface area contributed by atoms with Crippen LogP contribution < -0.4 is 0 Å². The molecule has 0 bridgehead atoms. The van der Waals surface area contributed by atoms with Gasteiger partial charge in [-0.05, 0) is 25.5 Å². The second-order valence-corrected chi connectivity index (χ2v) is 5.47. The van der Waals surface area contributed by atoms with Gasteiger partial charge < -0.3 is 9.47 Å². The minimum absolute atomic E-state index is 0.323. The monoisotopic (exact) mass is 267 g/mol. The van der Waals surface area contributed by atoms with Crippen molar-refractivity contribution in [3.05, 3.63) is 29.6 Å². The summed E-state index contributed by atoms with van der Waals surface area (Å²) in [7, 11) is 1.37. The van der Waals surface area contributed by atoms with Crippen molar-refractivity contribution in [3.63, 3.8) is 0 Å². The van der Waals surface area contributed by atoms with Crippen molar-refractivity contribution < 1.29 is 14.3 Å². The van der Waals surface area contributed by atoms with Crippen LogP contribution in [0.3, 0.4) is 0 Å². The third-order valence-electron chi connectivity index (χ3n) is 3.00. The molecule has 0 aliphatic carbocycles. The minimum atomic E-state index is -0.348. The van der Waals surface area contributed by atoms with Crippen molar-refractivity contribution in [1.82, 2.24) is 4.98 Å². The molecule has 0 radical (unpaired) electrons. The normalized spacial score (nSPS) is 23.0. The summed E-state index contributed by atoms with van der Waals surface area (Å²) < 4.78 is 10.1. The van der Waals surface area contributed by atoms with Crippen LogP contribution in [-0.2, 0) is 15.2 Å². The van der Waals surface area contributed by atoms with Gasteiger partial charge in [-0.15, -0.1) is 11.8 Å². The van der Waals surface area contributed by atoms with Crippen LogP contribution in [0.4, 0.5) is 0 Å². The molecule has 0 amide bonds. The first-order valence-electron chi connectivity index (χ1n) is 5.97. The van der Waals surface area contributed by atoms with E-state index in [1.165, 1.54) is 7.11 Å². The van der Waals surface area contributed by atoms with Gasteiger partial charge in [0.1, 0.15) is 0 Å². The molecule has 0 spiro atoms. The number of methoxy groups -OCH3 is 1. The highest BCUT2D eigenvalue weighted by molar-refractivity contribution is 7.99. The topological polar surface area (TPSA) is 48.4 Å². The third kappa shape index (κ3) is 3.23. The summed E-state index contributed by atoms with van der Waals surface area (Å²) >= 11 is 1.86. The summed E-state index contributed by atoms with van der Waals surface area (Å²) in [6, 6.07) is 3.63. The van der Waals surface area contributed by atoms with Crippen LogP contribution in [0.5, 0.6) is 0 Å². The molecule has 1 aliphatic heterocycles. The Labute approximate surface area is 111 Å². The molecule has 1 saturated heterocycles. The van der Waals surface area contributed by atoms with Crippen LogP contribution >= 0.6 is 11.8 Å². The molecule has 18 heavy (non-hydrogen) atoms. The van der Waals surface area contributed by atoms with Crippen LogP contribution in [0.25, 0.3) is 0 Å². The molecule has 2 heterocycles. The average molecular weight is 267 g/mol. The fourth-order valence-electron chi connectivity index (χ4n) is 1.87. The van der Waals surface area contributed by atoms with E-state index in [1.54, 1.807) is 12.3 Å². The van der Waals surface area contributed by atoms with Gasteiger partial charge in [0, 0.05) is 23.8 Å². The van der Waals surface area contributed by atoms with Gasteiger partial charge in [-0.2, -0.15) is 0 Å². The first-order valence-corrected chi connectivity index (χ1v) is 7.02. The van der Waals surface area contributed by atoms with E-state index in [2.05, 4.69) is 16.6 Å². The van der Waals surface area contributed by atoms with E-state index in [1.807, 2.05) is 17.8 Å². The van der Waals surface area contributed by atoms with Gasteiger partial charge in [0.2, 0.25) is 0 Å². The fraction of sp³-hybridized carbons (Fsp3) is 0.538. The lowest BCUT2D eigenvalue weighted by atomic mass is 10.2. The van der Waals surface area contributed by atoms with Gasteiger partial charge in [-0.1, -0.05) is 0 Å². The summed E-state index contributed by atoms with van der Waals surface area (Å²) in [6.07, 6.45) is 2.99. The molecule has 2 atom stereocenters. The third-order valence-corrected chi connectivity index (χ3v) is 4.51. The second kappa shape index (κ2) is 6.20. The molecular formula is C13H17NO3S. The van der Waals surface area contributed by atoms with E-state index in [9.17, 15) is 4.79 Å². The lowest BCUT2D eigenvalue weighted by Crippen LogP contribution is -2.13. The summed E-state index contributed by atoms with van der Waals surface area (Å²) in [5, 5.41) is 0.548. The Hall–Kier alpha value is -1.07. The van der Waals surface area contributed by atoms with E-state index in [0.717, 1.165) is 24.5 Å². The molecule has 1 aliphatic rings. The molecule has 1 aromatic heterocycles. The second-order valence-electron chi connectivity index (χ2n) is 4.24. The van der Waals surface area contributed by atoms with E-state index in [4.69, 9.17) is 4.74 Å². The number of thioether (sulfide) groups is 1. The molecule has 0 N–H and O–H groups in total. The van der Waals surface area contributed by atoms with E-state index in [0.29, 0.717) is 16.9 Å². The minimum Gasteiger partial charge on any atom is -0.465 e. The number of hydrogen-bond donors (Lipinski definition) is 0. The lowest BCUT2D eigenvalue weighted by Gasteiger charge is -2.12. The van der Waals surface area contributed by atoms with Crippen LogP contribution in [0, 0.1) is 0 Å². The van der Waals surface area contributed by atoms with E-state index >= 15 is 0 Å². The number of carbonyl (C=O) groups excluding carboxylic acids is 1. The smallest absolute Gasteiger partial charge is 0.339 e. The summed E-state index contributed by atoms with van der Waals surface area (Å²) in [5.74, 6) is 0.499. The largest absolute Gasteiger partial charge is 0.465 e. The molecule has 0 aromatic carbocycles. The number of carbonyl (C=O) groups is 1. The van der Waals surface area contributed by atoms with Crippen LogP contribution in [0.1, 0.15) is 29.4 Å². The highest BCUT2D eigenvalue weighted by Gasteiger charge is 2.24. The van der Waals surface area contributed by atoms with Gasteiger partial charge in [-0.3, -0.25) is 4.98 Å². The first kappa shape index (κ1) is 13.4. The lowest BCUT2D eigenvalue weighted by molar-refractivity contribution is 0.0600. The fourth-order valence-corrected chi connectivity index (χ4v) is 3.04. The number of nitrogens with zero attached hydrogens (tertiary/aromatic N) is 1. The highest BCUT2D eigenvalue weighted by Crippen LogP contribution is 2.28. The summed E-state index contributed by atoms with van der Waals surface area (Å²) in [4.78, 5) is 15.5. The number of aromatic nitrogens is 1. The Morgan fingerprint density at radius 3 is 3.00 bits per heavy atom. The summed E-state index contributed by atoms with van der Waals surface area (Å²) in [6.45, 7) is 2.96. The SMILES string of the molecule is COC(=O)c1ccc(CSC2CCOC2C)nc1. The number of esters is 1. The van der Waals surface area contributed by atoms with Crippen molar-refractivity contribution in [2.75, 3.05) is 13.7 Å². The average Bonchev–Trinajstić information content (AvgIpc) is 2.81. The maximum Gasteiger partial charge on any atom is 0.339 e. The van der Waals surface area contributed by atoms with Gasteiger partial charge >= 0.3 is 5.97 Å². The molecule has 2 unspecified atom stereocenters. The van der Waals surface area contributed by atoms with Crippen molar-refractivity contribution >= 4 is 17.7 Å². The van der Waals surface area contributed by atoms with Crippen molar-refractivity contribution in [1.29, 1.82) is 0 Å². The number of pyridine rings is 1. The Bertz CT molecular complexity index is 407. The zero-order chi connectivity index (χ0) is 13.0. The molecule has 1 fully saturated rings. The van der Waals surface area contributed by atoms with Crippen LogP contribution in [0.2, 0.25) is 0 Å². The van der Waals surface area contributed by atoms with E-state index in [-0.39, 0.29) is 5.97 Å². The van der Waals surface area contributed by atoms with E-state index < -0.39 is 0 Å². The molecule has 0 saturated carbocycles. The number of rotatable bonds is 4. The van der Waals surface area contributed by atoms with Gasteiger partial charge in [0.05, 0.1) is 24.5 Å².